The van der Waals surface area contributed by atoms with Crippen LogP contribution in [0.5, 0.6) is 5.75 Å². The first-order chi connectivity index (χ1) is 19.0. The lowest BCUT2D eigenvalue weighted by atomic mass is 9.85. The van der Waals surface area contributed by atoms with Gasteiger partial charge < -0.3 is 14.8 Å². The Kier molecular flexibility index (Phi) is 7.84. The van der Waals surface area contributed by atoms with Gasteiger partial charge in [-0.25, -0.2) is 22.7 Å². The van der Waals surface area contributed by atoms with Crippen molar-refractivity contribution in [2.24, 2.45) is 9.36 Å². The highest BCUT2D eigenvalue weighted by atomic mass is 32.2. The van der Waals surface area contributed by atoms with Crippen molar-refractivity contribution < 1.29 is 36.4 Å². The molecular weight excluding hydrogens is 563 g/mol. The maximum absolute atomic E-state index is 15.5. The lowest BCUT2D eigenvalue weighted by molar-refractivity contribution is -0.0500. The summed E-state index contributed by atoms with van der Waals surface area (Å²) >= 11 is 0. The number of amidine groups is 1. The molecule has 222 valence electrons. The van der Waals surface area contributed by atoms with Crippen LogP contribution in [-0.4, -0.2) is 55.8 Å². The highest BCUT2D eigenvalue weighted by molar-refractivity contribution is 7.96. The fourth-order valence-electron chi connectivity index (χ4n) is 4.93. The molecule has 41 heavy (non-hydrogen) atoms. The van der Waals surface area contributed by atoms with Gasteiger partial charge in [0, 0.05) is 17.8 Å². The van der Waals surface area contributed by atoms with E-state index in [4.69, 9.17) is 9.73 Å². The molecule has 2 aliphatic rings. The van der Waals surface area contributed by atoms with E-state index in [2.05, 4.69) is 24.7 Å². The Morgan fingerprint density at radius 2 is 1.83 bits per heavy atom. The fourth-order valence-corrected chi connectivity index (χ4v) is 8.12. The van der Waals surface area contributed by atoms with Gasteiger partial charge in [-0.3, -0.25) is 15.1 Å². The van der Waals surface area contributed by atoms with Gasteiger partial charge in [0.1, 0.15) is 39.0 Å². The Balaban J connectivity index is 1.71. The molecule has 0 fully saturated rings. The quantitative estimate of drug-likeness (QED) is 0.486. The second-order valence-corrected chi connectivity index (χ2v) is 14.3. The first-order valence-corrected chi connectivity index (χ1v) is 14.4. The van der Waals surface area contributed by atoms with Crippen LogP contribution in [0.1, 0.15) is 64.0 Å². The number of anilines is 1. The van der Waals surface area contributed by atoms with Gasteiger partial charge in [0.15, 0.2) is 0 Å². The molecule has 0 saturated heterocycles. The van der Waals surface area contributed by atoms with E-state index < -0.39 is 55.3 Å². The van der Waals surface area contributed by atoms with Crippen molar-refractivity contribution in [3.8, 4) is 5.75 Å². The van der Waals surface area contributed by atoms with Gasteiger partial charge in [0.2, 0.25) is 0 Å². The van der Waals surface area contributed by atoms with Crippen molar-refractivity contribution in [3.63, 3.8) is 0 Å². The molecule has 0 aliphatic carbocycles. The molecule has 2 aliphatic heterocycles. The largest absolute Gasteiger partial charge is 0.444 e. The first kappa shape index (κ1) is 30.3. The highest BCUT2D eigenvalue weighted by Gasteiger charge is 2.57. The van der Waals surface area contributed by atoms with Gasteiger partial charge >= 0.3 is 12.7 Å². The predicted octanol–water partition coefficient (Wildman–Crippen LogP) is 5.25. The molecule has 0 unspecified atom stereocenters. The van der Waals surface area contributed by atoms with Crippen LogP contribution in [0.3, 0.4) is 0 Å². The van der Waals surface area contributed by atoms with Gasteiger partial charge in [0.25, 0.3) is 5.91 Å². The molecule has 14 heteroatoms. The average molecular weight is 596 g/mol. The van der Waals surface area contributed by atoms with Crippen LogP contribution < -0.4 is 15.4 Å². The maximum Gasteiger partial charge on any atom is 0.413 e. The number of hydrogen-bond donors (Lipinski definition) is 2. The number of aliphatic imine (C=N–C) groups is 1. The minimum Gasteiger partial charge on any atom is -0.444 e. The molecule has 0 saturated carbocycles. The summed E-state index contributed by atoms with van der Waals surface area (Å²) in [7, 11) is -3.08. The molecule has 0 radical (unpaired) electrons. The molecule has 2 amide bonds. The summed E-state index contributed by atoms with van der Waals surface area (Å²) in [6, 6.07) is 6.24. The number of ether oxygens (including phenoxy) is 2. The smallest absolute Gasteiger partial charge is 0.413 e. The van der Waals surface area contributed by atoms with Crippen LogP contribution in [0.15, 0.2) is 45.9 Å². The zero-order chi connectivity index (χ0) is 30.4. The molecular formula is C27H32F3N5O5S. The number of nitrogens with one attached hydrogen (secondary N) is 2. The summed E-state index contributed by atoms with van der Waals surface area (Å²) in [6.07, 6.45) is 0.551. The second kappa shape index (κ2) is 10.6. The molecule has 1 aromatic heterocycles. The van der Waals surface area contributed by atoms with Crippen molar-refractivity contribution in [2.75, 3.05) is 11.9 Å². The number of carbonyl (C=O) groups excluding carboxylic acids is 2. The topological polar surface area (TPSA) is 131 Å². The monoisotopic (exact) mass is 595 g/mol. The Labute approximate surface area is 236 Å². The lowest BCUT2D eigenvalue weighted by Crippen LogP contribution is -2.60. The molecule has 2 aromatic rings. The van der Waals surface area contributed by atoms with Crippen LogP contribution >= 0.6 is 0 Å². The van der Waals surface area contributed by atoms with Gasteiger partial charge in [-0.15, -0.1) is 0 Å². The third kappa shape index (κ3) is 5.88. The number of alkyl halides is 2. The normalized spacial score (nSPS) is 25.0. The fraction of sp³-hybridized carbons (Fsp3) is 0.481. The van der Waals surface area contributed by atoms with E-state index in [9.17, 15) is 22.6 Å². The molecule has 4 rings (SSSR count). The number of nitrogens with zero attached hydrogens (tertiary/aromatic N) is 3. The van der Waals surface area contributed by atoms with Gasteiger partial charge in [-0.05, 0) is 78.3 Å². The van der Waals surface area contributed by atoms with Gasteiger partial charge in [-0.2, -0.15) is 8.78 Å². The highest BCUT2D eigenvalue weighted by Crippen LogP contribution is 2.48. The van der Waals surface area contributed by atoms with Crippen molar-refractivity contribution in [2.45, 2.75) is 75.7 Å². The summed E-state index contributed by atoms with van der Waals surface area (Å²) in [5, 5.41) is 4.54. The third-order valence-electron chi connectivity index (χ3n) is 6.92. The number of amides is 2. The van der Waals surface area contributed by atoms with E-state index in [0.29, 0.717) is 6.42 Å². The molecule has 0 bridgehead atoms. The maximum atomic E-state index is 15.5. The van der Waals surface area contributed by atoms with E-state index in [-0.39, 0.29) is 35.1 Å². The minimum atomic E-state index is -3.08. The average Bonchev–Trinajstić information content (AvgIpc) is 3.27. The zero-order valence-electron chi connectivity index (χ0n) is 23.5. The molecule has 3 atom stereocenters. The number of alkyl carbamates (subject to hydrolysis) is 1. The predicted molar refractivity (Wildman–Crippen MR) is 147 cm³/mol. The van der Waals surface area contributed by atoms with Crippen molar-refractivity contribution >= 4 is 33.3 Å². The summed E-state index contributed by atoms with van der Waals surface area (Å²) in [5.41, 5.74) is -2.11. The Bertz CT molecular complexity index is 1510. The minimum absolute atomic E-state index is 0.0396. The first-order valence-electron chi connectivity index (χ1n) is 12.8. The Morgan fingerprint density at radius 1 is 1.12 bits per heavy atom. The van der Waals surface area contributed by atoms with Crippen molar-refractivity contribution in [1.29, 1.82) is 0 Å². The van der Waals surface area contributed by atoms with Gasteiger partial charge in [0.05, 0.1) is 21.2 Å². The summed E-state index contributed by atoms with van der Waals surface area (Å²) < 4.78 is 67.6. The SMILES string of the molecule is CC(C)(C)OC(=O)NC1=N[C@](C)(c2cc(NC(=O)c3ccc(OC(F)F)cn3)ccc2F)[C@@H]2CCN=[S@]2(=O)C1(C)C. The molecule has 0 spiro atoms. The van der Waals surface area contributed by atoms with E-state index in [0.717, 1.165) is 12.3 Å². The lowest BCUT2D eigenvalue weighted by Gasteiger charge is -2.45. The third-order valence-corrected chi connectivity index (χ3v) is 10.6. The number of carbonyl (C=O) groups is 2. The molecule has 10 nitrogen and oxygen atoms in total. The summed E-state index contributed by atoms with van der Waals surface area (Å²) in [6.45, 7) is 7.29. The zero-order valence-corrected chi connectivity index (χ0v) is 24.3. The van der Waals surface area contributed by atoms with Gasteiger partial charge in [-0.1, -0.05) is 0 Å². The standard InChI is InChI=1S/C27H32F3N5O5S/c1-25(2,3)40-24(37)34-22-26(4,5)41(38)20(11-12-32-41)27(6,35-22)17-13-15(7-9-18(17)28)33-21(36)19-10-8-16(14-31-19)39-23(29)30/h7-10,13-14,20,23H,11-12H2,1-6H3,(H,33,36)(H,34,35,37)/t20-,27+,41+/m0/s1. The molecule has 3 heterocycles. The summed E-state index contributed by atoms with van der Waals surface area (Å²) in [4.78, 5) is 34.1. The van der Waals surface area contributed by atoms with Crippen molar-refractivity contribution in [1.82, 2.24) is 10.3 Å². The summed E-state index contributed by atoms with van der Waals surface area (Å²) in [5.74, 6) is -1.51. The van der Waals surface area contributed by atoms with Crippen LogP contribution in [0, 0.1) is 5.82 Å². The van der Waals surface area contributed by atoms with Crippen LogP contribution in [0.25, 0.3) is 0 Å². The number of benzene rings is 1. The van der Waals surface area contributed by atoms with E-state index in [1.54, 1.807) is 41.5 Å². The van der Waals surface area contributed by atoms with Crippen LogP contribution in [0.4, 0.5) is 23.7 Å². The molecule has 2 N–H and O–H groups in total. The van der Waals surface area contributed by atoms with E-state index >= 15 is 4.39 Å². The number of rotatable bonds is 5. The Morgan fingerprint density at radius 3 is 2.44 bits per heavy atom. The van der Waals surface area contributed by atoms with E-state index in [1.165, 1.54) is 24.3 Å². The molecule has 1 aromatic carbocycles. The number of pyridine rings is 1. The second-order valence-electron chi connectivity index (χ2n) is 11.4. The number of halogens is 3. The number of aromatic nitrogens is 1. The van der Waals surface area contributed by atoms with Crippen LogP contribution in [-0.2, 0) is 20.0 Å². The van der Waals surface area contributed by atoms with Crippen LogP contribution in [0.2, 0.25) is 0 Å². The van der Waals surface area contributed by atoms with E-state index in [1.807, 2.05) is 0 Å². The number of fused-ring (bicyclic) bond motifs is 1. The Hall–Kier alpha value is -3.68. The van der Waals surface area contributed by atoms with Crippen molar-refractivity contribution in [3.05, 3.63) is 53.6 Å². The number of hydrogen-bond acceptors (Lipinski definition) is 8.